The molecule has 0 aliphatic rings. The van der Waals surface area contributed by atoms with Gasteiger partial charge >= 0.3 is 0 Å². The van der Waals surface area contributed by atoms with E-state index >= 15 is 0 Å². The fraction of sp³-hybridized carbons (Fsp3) is 0.0667. The van der Waals surface area contributed by atoms with Gasteiger partial charge in [-0.05, 0) is 31.2 Å². The summed E-state index contributed by atoms with van der Waals surface area (Å²) < 4.78 is 1.91. The second-order valence-corrected chi connectivity index (χ2v) is 4.65. The fourth-order valence-corrected chi connectivity index (χ4v) is 2.35. The summed E-state index contributed by atoms with van der Waals surface area (Å²) in [5.74, 6) is 0. The Bertz CT molecular complexity index is 868. The zero-order valence-corrected chi connectivity index (χ0v) is 10.4. The van der Waals surface area contributed by atoms with Gasteiger partial charge < -0.3 is 0 Å². The van der Waals surface area contributed by atoms with E-state index in [-0.39, 0.29) is 0 Å². The number of nitrogens with zero attached hydrogens (tertiary/aromatic N) is 3. The number of aryl methyl sites for hydroxylation is 1. The van der Waals surface area contributed by atoms with Gasteiger partial charge in [0.05, 0.1) is 22.9 Å². The van der Waals surface area contributed by atoms with Crippen LogP contribution in [0.15, 0.2) is 42.6 Å². The molecule has 0 saturated carbocycles. The molecule has 2 heterocycles. The molecular formula is C15H11N4. The van der Waals surface area contributed by atoms with Crippen molar-refractivity contribution < 1.29 is 0 Å². The third-order valence-corrected chi connectivity index (χ3v) is 3.36. The minimum atomic E-state index is 0.995. The van der Waals surface area contributed by atoms with Crippen LogP contribution in [-0.2, 0) is 0 Å². The maximum absolute atomic E-state index is 4.37. The average molecular weight is 247 g/mol. The molecule has 0 spiro atoms. The number of H-pyrrole nitrogens is 1. The van der Waals surface area contributed by atoms with Crippen LogP contribution in [0.4, 0.5) is 0 Å². The largest absolute Gasteiger partial charge is 0.278 e. The Labute approximate surface area is 109 Å². The quantitative estimate of drug-likeness (QED) is 0.562. The second-order valence-electron chi connectivity index (χ2n) is 4.65. The molecule has 0 aliphatic heterocycles. The van der Waals surface area contributed by atoms with Crippen molar-refractivity contribution in [3.63, 3.8) is 0 Å². The van der Waals surface area contributed by atoms with Gasteiger partial charge in [0.1, 0.15) is 6.20 Å². The Balaban J connectivity index is 2.09. The van der Waals surface area contributed by atoms with E-state index in [9.17, 15) is 0 Å². The summed E-state index contributed by atoms with van der Waals surface area (Å²) >= 11 is 0. The van der Waals surface area contributed by atoms with Crippen molar-refractivity contribution >= 4 is 21.8 Å². The zero-order valence-electron chi connectivity index (χ0n) is 10.4. The molecule has 0 atom stereocenters. The van der Waals surface area contributed by atoms with Crippen molar-refractivity contribution in [1.29, 1.82) is 0 Å². The van der Waals surface area contributed by atoms with Gasteiger partial charge in [-0.3, -0.25) is 5.10 Å². The Kier molecular flexibility index (Phi) is 2.00. The van der Waals surface area contributed by atoms with Crippen molar-refractivity contribution in [2.75, 3.05) is 0 Å². The zero-order chi connectivity index (χ0) is 12.8. The molecule has 1 radical (unpaired) electrons. The molecule has 4 heteroatoms. The highest BCUT2D eigenvalue weighted by Crippen LogP contribution is 2.25. The molecule has 0 bridgehead atoms. The van der Waals surface area contributed by atoms with E-state index in [1.165, 1.54) is 5.56 Å². The van der Waals surface area contributed by atoms with Crippen LogP contribution >= 0.6 is 0 Å². The second kappa shape index (κ2) is 3.68. The van der Waals surface area contributed by atoms with E-state index in [1.807, 2.05) is 23.0 Å². The first-order valence-corrected chi connectivity index (χ1v) is 6.12. The average Bonchev–Trinajstić information content (AvgIpc) is 3.04. The van der Waals surface area contributed by atoms with Gasteiger partial charge in [-0.1, -0.05) is 17.7 Å². The molecule has 0 saturated heterocycles. The third kappa shape index (κ3) is 1.46. The number of hydrogen-bond donors (Lipinski definition) is 1. The number of aromatic amines is 1. The van der Waals surface area contributed by atoms with Crippen molar-refractivity contribution in [2.45, 2.75) is 6.92 Å². The number of benzene rings is 2. The summed E-state index contributed by atoms with van der Waals surface area (Å²) in [6, 6.07) is 12.3. The highest BCUT2D eigenvalue weighted by Gasteiger charge is 2.10. The minimum Gasteiger partial charge on any atom is -0.278 e. The van der Waals surface area contributed by atoms with Gasteiger partial charge in [0.25, 0.3) is 0 Å². The van der Waals surface area contributed by atoms with Crippen LogP contribution in [0.25, 0.3) is 27.5 Å². The molecule has 4 nitrogen and oxygen atoms in total. The van der Waals surface area contributed by atoms with Crippen LogP contribution in [0.5, 0.6) is 0 Å². The van der Waals surface area contributed by atoms with Gasteiger partial charge in [0.15, 0.2) is 0 Å². The molecule has 91 valence electrons. The van der Waals surface area contributed by atoms with Gasteiger partial charge in [0, 0.05) is 10.8 Å². The third-order valence-electron chi connectivity index (χ3n) is 3.36. The van der Waals surface area contributed by atoms with Gasteiger partial charge in [-0.2, -0.15) is 10.2 Å². The first-order valence-electron chi connectivity index (χ1n) is 6.12. The lowest BCUT2D eigenvalue weighted by Crippen LogP contribution is -1.96. The maximum atomic E-state index is 4.37. The van der Waals surface area contributed by atoms with Gasteiger partial charge in [-0.25, -0.2) is 4.68 Å². The molecule has 4 rings (SSSR count). The van der Waals surface area contributed by atoms with Crippen LogP contribution in [0.2, 0.25) is 0 Å². The Morgan fingerprint density at radius 3 is 2.79 bits per heavy atom. The van der Waals surface area contributed by atoms with E-state index in [0.29, 0.717) is 0 Å². The smallest absolute Gasteiger partial charge is 0.122 e. The first-order chi connectivity index (χ1) is 9.33. The van der Waals surface area contributed by atoms with Crippen LogP contribution in [0.3, 0.4) is 0 Å². The molecule has 0 aliphatic carbocycles. The monoisotopic (exact) mass is 247 g/mol. The molecule has 4 aromatic rings. The van der Waals surface area contributed by atoms with E-state index in [4.69, 9.17) is 0 Å². The highest BCUT2D eigenvalue weighted by atomic mass is 15.3. The first kappa shape index (κ1) is 10.3. The number of nitrogens with one attached hydrogen (secondary N) is 1. The van der Waals surface area contributed by atoms with Crippen LogP contribution < -0.4 is 0 Å². The predicted octanol–water partition coefficient (Wildman–Crippen LogP) is 3.01. The summed E-state index contributed by atoms with van der Waals surface area (Å²) in [4.78, 5) is 0. The normalized spacial score (nSPS) is 11.4. The summed E-state index contributed by atoms with van der Waals surface area (Å²) in [7, 11) is 0. The van der Waals surface area contributed by atoms with Crippen LogP contribution in [0.1, 0.15) is 5.56 Å². The Hall–Kier alpha value is -2.62. The maximum Gasteiger partial charge on any atom is 0.122 e. The summed E-state index contributed by atoms with van der Waals surface area (Å²) in [5.41, 5.74) is 4.31. The summed E-state index contributed by atoms with van der Waals surface area (Å²) in [5, 5.41) is 13.5. The molecule has 0 fully saturated rings. The lowest BCUT2D eigenvalue weighted by atomic mass is 10.2. The topological polar surface area (TPSA) is 46.5 Å². The predicted molar refractivity (Wildman–Crippen MR) is 74.3 cm³/mol. The van der Waals surface area contributed by atoms with E-state index in [2.05, 4.69) is 52.7 Å². The SMILES string of the molecule is Cc1ccc(-n2n[c]c3ccc4[nH]ncc4c32)cc1. The van der Waals surface area contributed by atoms with Crippen molar-refractivity contribution in [3.8, 4) is 5.69 Å². The molecule has 2 aromatic heterocycles. The van der Waals surface area contributed by atoms with Crippen LogP contribution in [0, 0.1) is 13.1 Å². The Morgan fingerprint density at radius 1 is 1.11 bits per heavy atom. The number of fused-ring (bicyclic) bond motifs is 3. The highest BCUT2D eigenvalue weighted by molar-refractivity contribution is 6.04. The van der Waals surface area contributed by atoms with E-state index < -0.39 is 0 Å². The number of rotatable bonds is 1. The number of aromatic nitrogens is 4. The molecule has 0 unspecified atom stereocenters. The summed E-state index contributed by atoms with van der Waals surface area (Å²) in [6.45, 7) is 2.07. The number of hydrogen-bond acceptors (Lipinski definition) is 2. The van der Waals surface area contributed by atoms with Crippen molar-refractivity contribution in [1.82, 2.24) is 20.0 Å². The minimum absolute atomic E-state index is 0.995. The van der Waals surface area contributed by atoms with Crippen LogP contribution in [-0.4, -0.2) is 20.0 Å². The lowest BCUT2D eigenvalue weighted by molar-refractivity contribution is 0.909. The molecule has 19 heavy (non-hydrogen) atoms. The lowest BCUT2D eigenvalue weighted by Gasteiger charge is -2.04. The van der Waals surface area contributed by atoms with Gasteiger partial charge in [0.2, 0.25) is 0 Å². The molecule has 2 aromatic carbocycles. The van der Waals surface area contributed by atoms with Gasteiger partial charge in [-0.15, -0.1) is 0 Å². The van der Waals surface area contributed by atoms with Crippen molar-refractivity contribution in [2.24, 2.45) is 0 Å². The molecular weight excluding hydrogens is 236 g/mol. The molecule has 0 amide bonds. The van der Waals surface area contributed by atoms with Crippen molar-refractivity contribution in [3.05, 3.63) is 54.4 Å². The Morgan fingerprint density at radius 2 is 1.95 bits per heavy atom. The van der Waals surface area contributed by atoms with E-state index in [0.717, 1.165) is 27.5 Å². The summed E-state index contributed by atoms with van der Waals surface area (Å²) in [6.07, 6.45) is 4.89. The fourth-order valence-electron chi connectivity index (χ4n) is 2.35. The standard InChI is InChI=1S/C15H11N4/c1-10-2-5-12(6-3-10)19-15-11(8-17-19)4-7-14-13(15)9-16-18-14/h2-7,9H,1H3,(H,16,18). The molecule has 1 N–H and O–H groups in total. The van der Waals surface area contributed by atoms with E-state index in [1.54, 1.807) is 0 Å².